The highest BCUT2D eigenvalue weighted by atomic mass is 16.6. The SMILES string of the molecule is COC(=O)[C@H]1CN(C(=O)c2cccc(OC)c2)c2ccccc2O1. The van der Waals surface area contributed by atoms with Gasteiger partial charge in [-0.05, 0) is 30.3 Å². The van der Waals surface area contributed by atoms with Crippen molar-refractivity contribution in [3.63, 3.8) is 0 Å². The highest BCUT2D eigenvalue weighted by Gasteiger charge is 2.34. The molecule has 0 radical (unpaired) electrons. The van der Waals surface area contributed by atoms with Crippen molar-refractivity contribution in [2.45, 2.75) is 6.10 Å². The highest BCUT2D eigenvalue weighted by molar-refractivity contribution is 6.08. The predicted octanol–water partition coefficient (Wildman–Crippen LogP) is 2.28. The van der Waals surface area contributed by atoms with E-state index in [9.17, 15) is 9.59 Å². The minimum atomic E-state index is -0.862. The lowest BCUT2D eigenvalue weighted by Gasteiger charge is -2.33. The molecule has 24 heavy (non-hydrogen) atoms. The first-order valence-corrected chi connectivity index (χ1v) is 7.43. The van der Waals surface area contributed by atoms with Crippen LogP contribution < -0.4 is 14.4 Å². The van der Waals surface area contributed by atoms with Gasteiger partial charge in [0, 0.05) is 5.56 Å². The second-order valence-corrected chi connectivity index (χ2v) is 5.25. The average Bonchev–Trinajstić information content (AvgIpc) is 2.65. The quantitative estimate of drug-likeness (QED) is 0.809. The zero-order valence-corrected chi connectivity index (χ0v) is 13.4. The maximum atomic E-state index is 12.9. The molecular formula is C18H17NO5. The predicted molar refractivity (Wildman–Crippen MR) is 87.5 cm³/mol. The number of ether oxygens (including phenoxy) is 3. The molecule has 1 atom stereocenters. The Morgan fingerprint density at radius 3 is 2.67 bits per heavy atom. The lowest BCUT2D eigenvalue weighted by molar-refractivity contribution is -0.148. The molecule has 0 spiro atoms. The number of carbonyl (C=O) groups is 2. The molecule has 3 rings (SSSR count). The van der Waals surface area contributed by atoms with Gasteiger partial charge in [0.05, 0.1) is 26.5 Å². The molecule has 1 aliphatic rings. The summed E-state index contributed by atoms with van der Waals surface area (Å²) < 4.78 is 15.6. The molecule has 1 aliphatic heterocycles. The average molecular weight is 327 g/mol. The molecule has 1 heterocycles. The van der Waals surface area contributed by atoms with Gasteiger partial charge < -0.3 is 19.1 Å². The maximum Gasteiger partial charge on any atom is 0.348 e. The fourth-order valence-electron chi connectivity index (χ4n) is 2.59. The van der Waals surface area contributed by atoms with Gasteiger partial charge in [-0.3, -0.25) is 4.79 Å². The first kappa shape index (κ1) is 15.9. The summed E-state index contributed by atoms with van der Waals surface area (Å²) in [5, 5.41) is 0. The third-order valence-corrected chi connectivity index (χ3v) is 3.80. The van der Waals surface area contributed by atoms with E-state index in [4.69, 9.17) is 14.2 Å². The molecule has 0 saturated carbocycles. The van der Waals surface area contributed by atoms with Gasteiger partial charge in [-0.2, -0.15) is 0 Å². The van der Waals surface area contributed by atoms with Crippen molar-refractivity contribution in [1.29, 1.82) is 0 Å². The van der Waals surface area contributed by atoms with Gasteiger partial charge in [-0.1, -0.05) is 18.2 Å². The molecular weight excluding hydrogens is 310 g/mol. The number of esters is 1. The highest BCUT2D eigenvalue weighted by Crippen LogP contribution is 2.34. The van der Waals surface area contributed by atoms with Crippen LogP contribution >= 0.6 is 0 Å². The Morgan fingerprint density at radius 2 is 1.92 bits per heavy atom. The van der Waals surface area contributed by atoms with E-state index in [1.807, 2.05) is 6.07 Å². The van der Waals surface area contributed by atoms with Gasteiger partial charge in [-0.25, -0.2) is 4.79 Å². The van der Waals surface area contributed by atoms with Crippen molar-refractivity contribution in [2.24, 2.45) is 0 Å². The normalized spacial score (nSPS) is 15.9. The monoisotopic (exact) mass is 327 g/mol. The Labute approximate surface area is 139 Å². The van der Waals surface area contributed by atoms with Crippen LogP contribution in [0.2, 0.25) is 0 Å². The van der Waals surface area contributed by atoms with Crippen LogP contribution in [0.5, 0.6) is 11.5 Å². The van der Waals surface area contributed by atoms with E-state index in [1.54, 1.807) is 49.6 Å². The third kappa shape index (κ3) is 2.90. The second-order valence-electron chi connectivity index (χ2n) is 5.25. The topological polar surface area (TPSA) is 65.1 Å². The van der Waals surface area contributed by atoms with Crippen molar-refractivity contribution >= 4 is 17.6 Å². The van der Waals surface area contributed by atoms with Gasteiger partial charge in [0.15, 0.2) is 0 Å². The van der Waals surface area contributed by atoms with Crippen LogP contribution in [0.4, 0.5) is 5.69 Å². The Morgan fingerprint density at radius 1 is 1.12 bits per heavy atom. The maximum absolute atomic E-state index is 12.9. The Balaban J connectivity index is 1.98. The Kier molecular flexibility index (Phi) is 4.37. The first-order valence-electron chi connectivity index (χ1n) is 7.43. The van der Waals surface area contributed by atoms with Crippen molar-refractivity contribution in [2.75, 3.05) is 25.7 Å². The van der Waals surface area contributed by atoms with Gasteiger partial charge >= 0.3 is 5.97 Å². The van der Waals surface area contributed by atoms with E-state index in [2.05, 4.69) is 0 Å². The van der Waals surface area contributed by atoms with Crippen LogP contribution in [-0.4, -0.2) is 38.7 Å². The van der Waals surface area contributed by atoms with E-state index >= 15 is 0 Å². The molecule has 0 N–H and O–H groups in total. The molecule has 0 aromatic heterocycles. The van der Waals surface area contributed by atoms with Crippen LogP contribution in [0, 0.1) is 0 Å². The Hall–Kier alpha value is -3.02. The standard InChI is InChI=1S/C18H17NO5/c1-22-13-7-5-6-12(10-13)17(20)19-11-16(18(21)23-2)24-15-9-4-3-8-14(15)19/h3-10,16H,11H2,1-2H3/t16-/m1/s1. The van der Waals surface area contributed by atoms with Crippen molar-refractivity contribution in [1.82, 2.24) is 0 Å². The second kappa shape index (κ2) is 6.62. The molecule has 1 amide bonds. The van der Waals surface area contributed by atoms with Gasteiger partial charge in [-0.15, -0.1) is 0 Å². The molecule has 6 heteroatoms. The van der Waals surface area contributed by atoms with Gasteiger partial charge in [0.2, 0.25) is 6.10 Å². The number of nitrogens with zero attached hydrogens (tertiary/aromatic N) is 1. The van der Waals surface area contributed by atoms with E-state index in [-0.39, 0.29) is 12.5 Å². The number of carbonyl (C=O) groups excluding carboxylic acids is 2. The lowest BCUT2D eigenvalue weighted by atomic mass is 10.1. The molecule has 124 valence electrons. The van der Waals surface area contributed by atoms with Crippen molar-refractivity contribution in [3.8, 4) is 11.5 Å². The minimum absolute atomic E-state index is 0.0831. The summed E-state index contributed by atoms with van der Waals surface area (Å²) >= 11 is 0. The lowest BCUT2D eigenvalue weighted by Crippen LogP contribution is -2.47. The van der Waals surface area contributed by atoms with E-state index < -0.39 is 12.1 Å². The number of hydrogen-bond donors (Lipinski definition) is 0. The Bertz CT molecular complexity index is 774. The molecule has 0 bridgehead atoms. The smallest absolute Gasteiger partial charge is 0.348 e. The zero-order chi connectivity index (χ0) is 17.1. The number of benzene rings is 2. The van der Waals surface area contributed by atoms with E-state index in [1.165, 1.54) is 12.0 Å². The largest absolute Gasteiger partial charge is 0.497 e. The third-order valence-electron chi connectivity index (χ3n) is 3.80. The molecule has 0 fully saturated rings. The fraction of sp³-hybridized carbons (Fsp3) is 0.222. The molecule has 6 nitrogen and oxygen atoms in total. The number of hydrogen-bond acceptors (Lipinski definition) is 5. The number of rotatable bonds is 3. The summed E-state index contributed by atoms with van der Waals surface area (Å²) in [6.45, 7) is 0.0831. The fourth-order valence-corrected chi connectivity index (χ4v) is 2.59. The minimum Gasteiger partial charge on any atom is -0.497 e. The molecule has 0 unspecified atom stereocenters. The number of para-hydroxylation sites is 2. The molecule has 0 saturated heterocycles. The first-order chi connectivity index (χ1) is 11.6. The number of methoxy groups -OCH3 is 2. The van der Waals surface area contributed by atoms with Crippen molar-refractivity contribution in [3.05, 3.63) is 54.1 Å². The van der Waals surface area contributed by atoms with Crippen LogP contribution in [-0.2, 0) is 9.53 Å². The van der Waals surface area contributed by atoms with Crippen LogP contribution in [0.3, 0.4) is 0 Å². The number of anilines is 1. The number of amides is 1. The molecule has 2 aromatic rings. The zero-order valence-electron chi connectivity index (χ0n) is 13.4. The van der Waals surface area contributed by atoms with Crippen LogP contribution in [0.25, 0.3) is 0 Å². The summed E-state index contributed by atoms with van der Waals surface area (Å²) in [6, 6.07) is 14.0. The molecule has 2 aromatic carbocycles. The summed E-state index contributed by atoms with van der Waals surface area (Å²) in [5.41, 5.74) is 1.08. The summed E-state index contributed by atoms with van der Waals surface area (Å²) in [4.78, 5) is 26.3. The van der Waals surface area contributed by atoms with Crippen molar-refractivity contribution < 1.29 is 23.8 Å². The molecule has 0 aliphatic carbocycles. The number of fused-ring (bicyclic) bond motifs is 1. The van der Waals surface area contributed by atoms with Gasteiger partial charge in [0.1, 0.15) is 11.5 Å². The summed E-state index contributed by atoms with van der Waals surface area (Å²) in [7, 11) is 2.83. The summed E-state index contributed by atoms with van der Waals surface area (Å²) in [6.07, 6.45) is -0.862. The summed E-state index contributed by atoms with van der Waals surface area (Å²) in [5.74, 6) is 0.300. The van der Waals surface area contributed by atoms with E-state index in [0.29, 0.717) is 22.7 Å². The van der Waals surface area contributed by atoms with E-state index in [0.717, 1.165) is 0 Å². The van der Waals surface area contributed by atoms with Gasteiger partial charge in [0.25, 0.3) is 5.91 Å². The van der Waals surface area contributed by atoms with Crippen LogP contribution in [0.1, 0.15) is 10.4 Å². The van der Waals surface area contributed by atoms with Crippen LogP contribution in [0.15, 0.2) is 48.5 Å².